The van der Waals surface area contributed by atoms with E-state index < -0.39 is 0 Å². The molecule has 0 saturated carbocycles. The van der Waals surface area contributed by atoms with Crippen molar-refractivity contribution in [3.8, 4) is 6.07 Å². The monoisotopic (exact) mass is 324 g/mol. The largest absolute Gasteiger partial charge is 0.325 e. The minimum atomic E-state index is -0.217. The number of nitrogens with zero attached hydrogens (tertiary/aromatic N) is 3. The Balaban J connectivity index is 2.12. The van der Waals surface area contributed by atoms with Crippen LogP contribution in [-0.2, 0) is 0 Å². The van der Waals surface area contributed by atoms with Crippen LogP contribution >= 0.6 is 11.6 Å². The average molecular weight is 325 g/mol. The van der Waals surface area contributed by atoms with Gasteiger partial charge in [0.05, 0.1) is 11.3 Å². The zero-order valence-electron chi connectivity index (χ0n) is 12.6. The SMILES string of the molecule is Cc1nc(N(C)c2cc3cc(Cl)ccc3[nH]c2=O)ccc1C#N. The van der Waals surface area contributed by atoms with Crippen molar-refractivity contribution in [2.24, 2.45) is 0 Å². The first-order valence-corrected chi connectivity index (χ1v) is 7.31. The van der Waals surface area contributed by atoms with Crippen LogP contribution in [0.4, 0.5) is 11.5 Å². The van der Waals surface area contributed by atoms with E-state index in [9.17, 15) is 4.79 Å². The maximum absolute atomic E-state index is 12.3. The van der Waals surface area contributed by atoms with Crippen LogP contribution in [0.2, 0.25) is 5.02 Å². The van der Waals surface area contributed by atoms with Gasteiger partial charge in [-0.2, -0.15) is 5.26 Å². The zero-order valence-corrected chi connectivity index (χ0v) is 13.3. The van der Waals surface area contributed by atoms with E-state index >= 15 is 0 Å². The number of rotatable bonds is 2. The van der Waals surface area contributed by atoms with E-state index in [2.05, 4.69) is 16.0 Å². The molecule has 0 spiro atoms. The van der Waals surface area contributed by atoms with Gasteiger partial charge in [-0.25, -0.2) is 4.98 Å². The number of aryl methyl sites for hydroxylation is 1. The van der Waals surface area contributed by atoms with Gasteiger partial charge in [0.25, 0.3) is 5.56 Å². The first-order valence-electron chi connectivity index (χ1n) is 6.93. The Bertz CT molecular complexity index is 1000. The smallest absolute Gasteiger partial charge is 0.272 e. The molecule has 23 heavy (non-hydrogen) atoms. The van der Waals surface area contributed by atoms with Gasteiger partial charge in [0.15, 0.2) is 0 Å². The highest BCUT2D eigenvalue weighted by molar-refractivity contribution is 6.31. The summed E-state index contributed by atoms with van der Waals surface area (Å²) in [7, 11) is 1.76. The number of hydrogen-bond acceptors (Lipinski definition) is 4. The van der Waals surface area contributed by atoms with Crippen molar-refractivity contribution >= 4 is 34.0 Å². The number of halogens is 1. The van der Waals surface area contributed by atoms with Crippen molar-refractivity contribution in [1.29, 1.82) is 5.26 Å². The number of nitrogens with one attached hydrogen (secondary N) is 1. The van der Waals surface area contributed by atoms with Crippen molar-refractivity contribution in [2.75, 3.05) is 11.9 Å². The average Bonchev–Trinajstić information content (AvgIpc) is 2.54. The lowest BCUT2D eigenvalue weighted by molar-refractivity contribution is 1.07. The summed E-state index contributed by atoms with van der Waals surface area (Å²) < 4.78 is 0. The molecule has 2 aromatic heterocycles. The van der Waals surface area contributed by atoms with E-state index in [1.165, 1.54) is 0 Å². The second-order valence-electron chi connectivity index (χ2n) is 5.19. The topological polar surface area (TPSA) is 72.8 Å². The van der Waals surface area contributed by atoms with Crippen LogP contribution in [0.15, 0.2) is 41.2 Å². The molecule has 0 bridgehead atoms. The van der Waals surface area contributed by atoms with E-state index in [1.54, 1.807) is 55.3 Å². The third kappa shape index (κ3) is 2.77. The van der Waals surface area contributed by atoms with E-state index in [1.807, 2.05) is 0 Å². The van der Waals surface area contributed by atoms with Crippen molar-refractivity contribution in [2.45, 2.75) is 6.92 Å². The van der Waals surface area contributed by atoms with Crippen LogP contribution in [0.25, 0.3) is 10.9 Å². The Morgan fingerprint density at radius 3 is 2.74 bits per heavy atom. The Morgan fingerprint density at radius 2 is 2.04 bits per heavy atom. The molecule has 5 nitrogen and oxygen atoms in total. The van der Waals surface area contributed by atoms with Crippen LogP contribution in [0.5, 0.6) is 0 Å². The van der Waals surface area contributed by atoms with Gasteiger partial charge in [0, 0.05) is 23.0 Å². The molecule has 2 heterocycles. The molecule has 1 N–H and O–H groups in total. The summed E-state index contributed by atoms with van der Waals surface area (Å²) in [6.45, 7) is 1.76. The first kappa shape index (κ1) is 15.1. The number of H-pyrrole nitrogens is 1. The van der Waals surface area contributed by atoms with E-state index in [0.717, 1.165) is 10.9 Å². The molecule has 0 aliphatic rings. The number of pyridine rings is 2. The van der Waals surface area contributed by atoms with Crippen molar-refractivity contribution in [1.82, 2.24) is 9.97 Å². The molecule has 0 fully saturated rings. The lowest BCUT2D eigenvalue weighted by Gasteiger charge is -2.18. The number of hydrogen-bond donors (Lipinski definition) is 1. The van der Waals surface area contributed by atoms with Crippen LogP contribution in [0.3, 0.4) is 0 Å². The van der Waals surface area contributed by atoms with Gasteiger partial charge in [-0.05, 0) is 43.3 Å². The van der Waals surface area contributed by atoms with E-state index in [0.29, 0.717) is 27.8 Å². The van der Waals surface area contributed by atoms with Gasteiger partial charge in [-0.1, -0.05) is 11.6 Å². The summed E-state index contributed by atoms with van der Waals surface area (Å²) in [6, 6.07) is 12.6. The predicted molar refractivity (Wildman–Crippen MR) is 91.3 cm³/mol. The number of nitriles is 1. The normalized spacial score (nSPS) is 10.5. The summed E-state index contributed by atoms with van der Waals surface area (Å²) in [5, 5.41) is 10.4. The Hall–Kier alpha value is -2.84. The molecule has 3 aromatic rings. The van der Waals surface area contributed by atoms with Crippen LogP contribution in [0.1, 0.15) is 11.3 Å². The fourth-order valence-electron chi connectivity index (χ4n) is 2.39. The molecular formula is C17H13ClN4O. The van der Waals surface area contributed by atoms with Crippen molar-refractivity contribution < 1.29 is 0 Å². The maximum atomic E-state index is 12.3. The van der Waals surface area contributed by atoms with Crippen LogP contribution < -0.4 is 10.5 Å². The standard InChI is InChI=1S/C17H13ClN4O/c1-10-11(9-19)3-6-16(20-10)22(2)15-8-12-7-13(18)4-5-14(12)21-17(15)23/h3-8H,1-2H3,(H,21,23). The van der Waals surface area contributed by atoms with Gasteiger partial charge >= 0.3 is 0 Å². The third-order valence-corrected chi connectivity index (χ3v) is 3.92. The molecule has 114 valence electrons. The summed E-state index contributed by atoms with van der Waals surface area (Å²) in [5.74, 6) is 0.591. The van der Waals surface area contributed by atoms with Gasteiger partial charge in [0.2, 0.25) is 0 Å². The molecule has 0 saturated heterocycles. The number of aromatic amines is 1. The van der Waals surface area contributed by atoms with Gasteiger partial charge in [0.1, 0.15) is 17.6 Å². The number of anilines is 2. The molecule has 1 aromatic carbocycles. The second kappa shape index (κ2) is 5.75. The highest BCUT2D eigenvalue weighted by Crippen LogP contribution is 2.24. The van der Waals surface area contributed by atoms with Gasteiger partial charge in [-0.15, -0.1) is 0 Å². The second-order valence-corrected chi connectivity index (χ2v) is 5.62. The lowest BCUT2D eigenvalue weighted by atomic mass is 10.2. The van der Waals surface area contributed by atoms with Crippen LogP contribution in [0, 0.1) is 18.3 Å². The van der Waals surface area contributed by atoms with Crippen LogP contribution in [-0.4, -0.2) is 17.0 Å². The number of benzene rings is 1. The number of fused-ring (bicyclic) bond motifs is 1. The minimum absolute atomic E-state index is 0.217. The highest BCUT2D eigenvalue weighted by Gasteiger charge is 2.12. The fourth-order valence-corrected chi connectivity index (χ4v) is 2.57. The Labute approximate surface area is 137 Å². The van der Waals surface area contributed by atoms with E-state index in [-0.39, 0.29) is 5.56 Å². The molecule has 0 unspecified atom stereocenters. The van der Waals surface area contributed by atoms with Gasteiger partial charge < -0.3 is 9.88 Å². The molecule has 0 aliphatic heterocycles. The lowest BCUT2D eigenvalue weighted by Crippen LogP contribution is -2.21. The molecule has 0 aliphatic carbocycles. The molecule has 0 amide bonds. The Morgan fingerprint density at radius 1 is 1.26 bits per heavy atom. The van der Waals surface area contributed by atoms with Gasteiger partial charge in [-0.3, -0.25) is 4.79 Å². The fraction of sp³-hybridized carbons (Fsp3) is 0.118. The highest BCUT2D eigenvalue weighted by atomic mass is 35.5. The predicted octanol–water partition coefficient (Wildman–Crippen LogP) is 3.52. The summed E-state index contributed by atoms with van der Waals surface area (Å²) >= 11 is 6.01. The third-order valence-electron chi connectivity index (χ3n) is 3.68. The van der Waals surface area contributed by atoms with Crippen molar-refractivity contribution in [3.05, 3.63) is 63.0 Å². The number of aromatic nitrogens is 2. The molecular weight excluding hydrogens is 312 g/mol. The first-order chi connectivity index (χ1) is 11.0. The molecule has 3 rings (SSSR count). The summed E-state index contributed by atoms with van der Waals surface area (Å²) in [5.41, 5.74) is 2.10. The molecule has 0 radical (unpaired) electrons. The molecule has 0 atom stereocenters. The quantitative estimate of drug-likeness (QED) is 0.782. The summed E-state index contributed by atoms with van der Waals surface area (Å²) in [6.07, 6.45) is 0. The summed E-state index contributed by atoms with van der Waals surface area (Å²) in [4.78, 5) is 21.2. The van der Waals surface area contributed by atoms with Crippen molar-refractivity contribution in [3.63, 3.8) is 0 Å². The Kier molecular flexibility index (Phi) is 3.77. The maximum Gasteiger partial charge on any atom is 0.272 e. The minimum Gasteiger partial charge on any atom is -0.325 e. The van der Waals surface area contributed by atoms with E-state index in [4.69, 9.17) is 16.9 Å². The molecule has 6 heteroatoms. The zero-order chi connectivity index (χ0) is 16.6.